The Hall–Kier alpha value is -1.05. The third-order valence-corrected chi connectivity index (χ3v) is 1.50. The Morgan fingerprint density at radius 3 is 2.92 bits per heavy atom. The highest BCUT2D eigenvalue weighted by Crippen LogP contribution is 1.87. The van der Waals surface area contributed by atoms with Gasteiger partial charge < -0.3 is 15.8 Å². The molecule has 0 aromatic rings. The SMILES string of the molecule is CC#CCNC(=O)C(N)CCOC. The van der Waals surface area contributed by atoms with E-state index in [0.717, 1.165) is 0 Å². The summed E-state index contributed by atoms with van der Waals surface area (Å²) in [5.74, 6) is 5.22. The van der Waals surface area contributed by atoms with Crippen molar-refractivity contribution < 1.29 is 9.53 Å². The lowest BCUT2D eigenvalue weighted by Gasteiger charge is -2.09. The fourth-order valence-corrected chi connectivity index (χ4v) is 0.727. The molecule has 0 aliphatic carbocycles. The Bertz CT molecular complexity index is 205. The molecular weight excluding hydrogens is 168 g/mol. The second-order valence-corrected chi connectivity index (χ2v) is 2.53. The zero-order valence-corrected chi connectivity index (χ0v) is 8.09. The summed E-state index contributed by atoms with van der Waals surface area (Å²) in [6.45, 7) is 2.57. The average molecular weight is 184 g/mol. The maximum Gasteiger partial charge on any atom is 0.237 e. The minimum atomic E-state index is -0.501. The first-order chi connectivity index (χ1) is 6.22. The van der Waals surface area contributed by atoms with Gasteiger partial charge in [0.25, 0.3) is 0 Å². The lowest BCUT2D eigenvalue weighted by Crippen LogP contribution is -2.41. The lowest BCUT2D eigenvalue weighted by molar-refractivity contribution is -0.122. The summed E-state index contributed by atoms with van der Waals surface area (Å²) < 4.78 is 4.80. The second-order valence-electron chi connectivity index (χ2n) is 2.53. The van der Waals surface area contributed by atoms with Crippen molar-refractivity contribution in [1.82, 2.24) is 5.32 Å². The van der Waals surface area contributed by atoms with E-state index in [2.05, 4.69) is 17.2 Å². The number of carbonyl (C=O) groups excluding carboxylic acids is 1. The normalized spacial score (nSPS) is 11.3. The first-order valence-electron chi connectivity index (χ1n) is 4.14. The van der Waals surface area contributed by atoms with Gasteiger partial charge in [-0.15, -0.1) is 5.92 Å². The summed E-state index contributed by atoms with van der Waals surface area (Å²) in [4.78, 5) is 11.2. The smallest absolute Gasteiger partial charge is 0.237 e. The van der Waals surface area contributed by atoms with Crippen LogP contribution in [0.25, 0.3) is 0 Å². The van der Waals surface area contributed by atoms with Crippen molar-refractivity contribution in [2.45, 2.75) is 19.4 Å². The van der Waals surface area contributed by atoms with Crippen molar-refractivity contribution in [3.63, 3.8) is 0 Å². The minimum absolute atomic E-state index is 0.181. The van der Waals surface area contributed by atoms with Gasteiger partial charge in [-0.05, 0) is 13.3 Å². The molecule has 1 unspecified atom stereocenters. The monoisotopic (exact) mass is 184 g/mol. The first-order valence-corrected chi connectivity index (χ1v) is 4.14. The topological polar surface area (TPSA) is 64.4 Å². The van der Waals surface area contributed by atoms with E-state index in [9.17, 15) is 4.79 Å². The molecule has 0 rings (SSSR count). The highest BCUT2D eigenvalue weighted by Gasteiger charge is 2.11. The summed E-state index contributed by atoms with van der Waals surface area (Å²) in [5, 5.41) is 2.60. The number of rotatable bonds is 5. The molecule has 0 aromatic heterocycles. The zero-order chi connectivity index (χ0) is 10.1. The quantitative estimate of drug-likeness (QED) is 0.566. The molecule has 3 N–H and O–H groups in total. The molecule has 0 heterocycles. The molecule has 0 fully saturated rings. The maximum absolute atomic E-state index is 11.2. The van der Waals surface area contributed by atoms with Crippen molar-refractivity contribution in [1.29, 1.82) is 0 Å². The molecule has 1 amide bonds. The van der Waals surface area contributed by atoms with Gasteiger partial charge in [-0.2, -0.15) is 0 Å². The van der Waals surface area contributed by atoms with Gasteiger partial charge in [0.2, 0.25) is 5.91 Å². The molecule has 0 saturated carbocycles. The molecule has 1 atom stereocenters. The van der Waals surface area contributed by atoms with Crippen LogP contribution in [-0.4, -0.2) is 32.2 Å². The Morgan fingerprint density at radius 1 is 1.69 bits per heavy atom. The standard InChI is InChI=1S/C9H16N2O2/c1-3-4-6-11-9(12)8(10)5-7-13-2/h8H,5-7,10H2,1-2H3,(H,11,12). The van der Waals surface area contributed by atoms with Gasteiger partial charge in [0.15, 0.2) is 0 Å². The van der Waals surface area contributed by atoms with Crippen molar-refractivity contribution in [2.24, 2.45) is 5.73 Å². The molecule has 0 aromatic carbocycles. The zero-order valence-electron chi connectivity index (χ0n) is 8.09. The van der Waals surface area contributed by atoms with Crippen LogP contribution in [0.1, 0.15) is 13.3 Å². The molecule has 0 saturated heterocycles. The highest BCUT2D eigenvalue weighted by molar-refractivity contribution is 5.81. The van der Waals surface area contributed by atoms with Crippen LogP contribution in [0, 0.1) is 11.8 Å². The van der Waals surface area contributed by atoms with Crippen LogP contribution in [0.5, 0.6) is 0 Å². The van der Waals surface area contributed by atoms with E-state index in [1.54, 1.807) is 14.0 Å². The largest absolute Gasteiger partial charge is 0.385 e. The van der Waals surface area contributed by atoms with Crippen LogP contribution < -0.4 is 11.1 Å². The molecule has 0 bridgehead atoms. The van der Waals surface area contributed by atoms with E-state index in [0.29, 0.717) is 19.6 Å². The van der Waals surface area contributed by atoms with Crippen molar-refractivity contribution in [3.05, 3.63) is 0 Å². The number of nitrogens with two attached hydrogens (primary N) is 1. The second kappa shape index (κ2) is 7.59. The third kappa shape index (κ3) is 6.14. The molecule has 13 heavy (non-hydrogen) atoms. The van der Waals surface area contributed by atoms with Crippen LogP contribution in [0.15, 0.2) is 0 Å². The molecule has 0 aliphatic rings. The number of hydrogen-bond donors (Lipinski definition) is 2. The van der Waals surface area contributed by atoms with Crippen LogP contribution in [-0.2, 0) is 9.53 Å². The van der Waals surface area contributed by atoms with Crippen molar-refractivity contribution >= 4 is 5.91 Å². The van der Waals surface area contributed by atoms with Gasteiger partial charge in [-0.3, -0.25) is 4.79 Å². The van der Waals surface area contributed by atoms with Gasteiger partial charge in [-0.1, -0.05) is 5.92 Å². The van der Waals surface area contributed by atoms with E-state index in [-0.39, 0.29) is 5.91 Å². The number of methoxy groups -OCH3 is 1. The molecular formula is C9H16N2O2. The highest BCUT2D eigenvalue weighted by atomic mass is 16.5. The summed E-state index contributed by atoms with van der Waals surface area (Å²) in [6, 6.07) is -0.501. The Labute approximate surface area is 78.8 Å². The van der Waals surface area contributed by atoms with Crippen molar-refractivity contribution in [3.8, 4) is 11.8 Å². The van der Waals surface area contributed by atoms with E-state index in [4.69, 9.17) is 10.5 Å². The third-order valence-electron chi connectivity index (χ3n) is 1.50. The van der Waals surface area contributed by atoms with E-state index in [1.165, 1.54) is 0 Å². The average Bonchev–Trinajstić information content (AvgIpc) is 2.14. The molecule has 0 spiro atoms. The number of carbonyl (C=O) groups is 1. The molecule has 0 aliphatic heterocycles. The number of nitrogens with one attached hydrogen (secondary N) is 1. The number of ether oxygens (including phenoxy) is 1. The van der Waals surface area contributed by atoms with Crippen LogP contribution in [0.2, 0.25) is 0 Å². The van der Waals surface area contributed by atoms with Crippen molar-refractivity contribution in [2.75, 3.05) is 20.3 Å². The van der Waals surface area contributed by atoms with E-state index in [1.807, 2.05) is 0 Å². The van der Waals surface area contributed by atoms with E-state index >= 15 is 0 Å². The lowest BCUT2D eigenvalue weighted by atomic mass is 10.2. The maximum atomic E-state index is 11.2. The van der Waals surface area contributed by atoms with Crippen LogP contribution in [0.4, 0.5) is 0 Å². The Balaban J connectivity index is 3.60. The van der Waals surface area contributed by atoms with Gasteiger partial charge in [-0.25, -0.2) is 0 Å². The van der Waals surface area contributed by atoms with Crippen LogP contribution >= 0.6 is 0 Å². The Kier molecular flexibility index (Phi) is 6.98. The fraction of sp³-hybridized carbons (Fsp3) is 0.667. The summed E-state index contributed by atoms with van der Waals surface area (Å²) in [6.07, 6.45) is 0.530. The summed E-state index contributed by atoms with van der Waals surface area (Å²) >= 11 is 0. The molecule has 74 valence electrons. The first kappa shape index (κ1) is 11.9. The number of hydrogen-bond acceptors (Lipinski definition) is 3. The summed E-state index contributed by atoms with van der Waals surface area (Å²) in [7, 11) is 1.58. The summed E-state index contributed by atoms with van der Waals surface area (Å²) in [5.41, 5.74) is 5.55. The van der Waals surface area contributed by atoms with Gasteiger partial charge in [0.1, 0.15) is 0 Å². The van der Waals surface area contributed by atoms with Gasteiger partial charge in [0.05, 0.1) is 12.6 Å². The number of amides is 1. The molecule has 4 nitrogen and oxygen atoms in total. The van der Waals surface area contributed by atoms with Gasteiger partial charge >= 0.3 is 0 Å². The Morgan fingerprint density at radius 2 is 2.38 bits per heavy atom. The van der Waals surface area contributed by atoms with E-state index < -0.39 is 6.04 Å². The van der Waals surface area contributed by atoms with Crippen LogP contribution in [0.3, 0.4) is 0 Å². The van der Waals surface area contributed by atoms with Gasteiger partial charge in [0, 0.05) is 13.7 Å². The molecule has 0 radical (unpaired) electrons. The fourth-order valence-electron chi connectivity index (χ4n) is 0.727. The predicted molar refractivity (Wildman–Crippen MR) is 50.9 cm³/mol. The molecule has 4 heteroatoms. The minimum Gasteiger partial charge on any atom is -0.385 e. The predicted octanol–water partition coefficient (Wildman–Crippen LogP) is -0.510.